The van der Waals surface area contributed by atoms with Crippen LogP contribution in [0.4, 0.5) is 0 Å². The number of rotatable bonds is 3. The summed E-state index contributed by atoms with van der Waals surface area (Å²) in [4.78, 5) is 5.46. The molecule has 108 valence electrons. The maximum atomic E-state index is 6.33. The van der Waals surface area contributed by atoms with Crippen molar-refractivity contribution in [1.82, 2.24) is 4.90 Å². The molecule has 1 aliphatic heterocycles. The Morgan fingerprint density at radius 2 is 2.00 bits per heavy atom. The van der Waals surface area contributed by atoms with Crippen molar-refractivity contribution in [1.29, 1.82) is 0 Å². The van der Waals surface area contributed by atoms with Crippen LogP contribution in [0.2, 0.25) is 0 Å². The fourth-order valence-corrected chi connectivity index (χ4v) is 4.58. The summed E-state index contributed by atoms with van der Waals surface area (Å²) in [6.07, 6.45) is 1.34. The van der Waals surface area contributed by atoms with Crippen LogP contribution in [0.1, 0.15) is 49.9 Å². The molecule has 1 saturated heterocycles. The molecule has 1 fully saturated rings. The molecule has 0 radical (unpaired) electrons. The van der Waals surface area contributed by atoms with Crippen molar-refractivity contribution in [3.63, 3.8) is 0 Å². The van der Waals surface area contributed by atoms with E-state index in [1.807, 2.05) is 11.3 Å². The third kappa shape index (κ3) is 3.21. The Morgan fingerprint density at radius 1 is 1.32 bits per heavy atom. The first-order valence-electron chi connectivity index (χ1n) is 7.47. The minimum Gasteiger partial charge on any atom is -0.326 e. The third-order valence-electron chi connectivity index (χ3n) is 4.55. The van der Waals surface area contributed by atoms with Crippen LogP contribution in [0.15, 0.2) is 12.1 Å². The summed E-state index contributed by atoms with van der Waals surface area (Å²) in [5.41, 5.74) is 6.33. The molecule has 2 nitrogen and oxygen atoms in total. The van der Waals surface area contributed by atoms with Gasteiger partial charge in [0.1, 0.15) is 0 Å². The highest BCUT2D eigenvalue weighted by Gasteiger charge is 2.35. The van der Waals surface area contributed by atoms with Gasteiger partial charge >= 0.3 is 0 Å². The number of hydrogen-bond donors (Lipinski definition) is 1. The highest BCUT2D eigenvalue weighted by Crippen LogP contribution is 2.37. The number of piperidine rings is 1. The van der Waals surface area contributed by atoms with Crippen molar-refractivity contribution < 1.29 is 0 Å². The highest BCUT2D eigenvalue weighted by molar-refractivity contribution is 7.12. The maximum absolute atomic E-state index is 6.33. The van der Waals surface area contributed by atoms with Crippen molar-refractivity contribution in [2.75, 3.05) is 6.54 Å². The second-order valence-corrected chi connectivity index (χ2v) is 7.83. The zero-order chi connectivity index (χ0) is 14.2. The molecule has 0 amide bonds. The standard InChI is InChI=1S/C16H28N2S/c1-10-8-11(2)14(5)18(9-10)16(13(4)17)15-7-6-12(3)19-15/h6-7,10-11,13-14,16H,8-9,17H2,1-5H3. The summed E-state index contributed by atoms with van der Waals surface area (Å²) in [6.45, 7) is 12.6. The summed E-state index contributed by atoms with van der Waals surface area (Å²) in [6, 6.07) is 5.66. The van der Waals surface area contributed by atoms with Crippen molar-refractivity contribution in [3.05, 3.63) is 21.9 Å². The van der Waals surface area contributed by atoms with E-state index < -0.39 is 0 Å². The molecule has 2 rings (SSSR count). The summed E-state index contributed by atoms with van der Waals surface area (Å²) in [7, 11) is 0. The summed E-state index contributed by atoms with van der Waals surface area (Å²) >= 11 is 1.90. The normalized spacial score (nSPS) is 32.2. The average molecular weight is 280 g/mol. The molecule has 1 aliphatic rings. The highest BCUT2D eigenvalue weighted by atomic mass is 32.1. The van der Waals surface area contributed by atoms with Gasteiger partial charge in [-0.05, 0) is 51.2 Å². The Balaban J connectivity index is 2.28. The molecule has 0 spiro atoms. The van der Waals surface area contributed by atoms with E-state index in [-0.39, 0.29) is 6.04 Å². The molecule has 2 heterocycles. The first-order valence-corrected chi connectivity index (χ1v) is 8.29. The van der Waals surface area contributed by atoms with Crippen LogP contribution in [-0.4, -0.2) is 23.5 Å². The second kappa shape index (κ2) is 5.94. The topological polar surface area (TPSA) is 29.3 Å². The molecule has 0 saturated carbocycles. The summed E-state index contributed by atoms with van der Waals surface area (Å²) in [5, 5.41) is 0. The SMILES string of the molecule is Cc1ccc(C(C(C)N)N2CC(C)CC(C)C2C)s1. The van der Waals surface area contributed by atoms with Crippen molar-refractivity contribution in [2.45, 2.75) is 59.2 Å². The van der Waals surface area contributed by atoms with Gasteiger partial charge in [-0.15, -0.1) is 11.3 Å². The van der Waals surface area contributed by atoms with Crippen LogP contribution in [0.5, 0.6) is 0 Å². The summed E-state index contributed by atoms with van der Waals surface area (Å²) in [5.74, 6) is 1.53. The van der Waals surface area contributed by atoms with Gasteiger partial charge in [0.15, 0.2) is 0 Å². The Bertz CT molecular complexity index is 413. The number of nitrogens with zero attached hydrogens (tertiary/aromatic N) is 1. The van der Waals surface area contributed by atoms with Gasteiger partial charge < -0.3 is 5.73 Å². The van der Waals surface area contributed by atoms with Crippen LogP contribution < -0.4 is 5.73 Å². The van der Waals surface area contributed by atoms with E-state index >= 15 is 0 Å². The van der Waals surface area contributed by atoms with Crippen LogP contribution in [0, 0.1) is 18.8 Å². The van der Waals surface area contributed by atoms with Gasteiger partial charge in [0, 0.05) is 28.4 Å². The Labute approximate surface area is 122 Å². The van der Waals surface area contributed by atoms with Crippen LogP contribution in [0.3, 0.4) is 0 Å². The predicted molar refractivity (Wildman–Crippen MR) is 84.6 cm³/mol. The first kappa shape index (κ1) is 15.0. The van der Waals surface area contributed by atoms with E-state index in [1.54, 1.807) is 0 Å². The van der Waals surface area contributed by atoms with Crippen molar-refractivity contribution >= 4 is 11.3 Å². The lowest BCUT2D eigenvalue weighted by molar-refractivity contribution is 0.0328. The molecule has 19 heavy (non-hydrogen) atoms. The van der Waals surface area contributed by atoms with Crippen LogP contribution in [0.25, 0.3) is 0 Å². The number of aryl methyl sites for hydroxylation is 1. The van der Waals surface area contributed by atoms with Gasteiger partial charge in [-0.1, -0.05) is 13.8 Å². The van der Waals surface area contributed by atoms with E-state index in [0.29, 0.717) is 12.1 Å². The average Bonchev–Trinajstić information content (AvgIpc) is 2.71. The number of hydrogen-bond acceptors (Lipinski definition) is 3. The molecule has 5 atom stereocenters. The Morgan fingerprint density at radius 3 is 2.53 bits per heavy atom. The second-order valence-electron chi connectivity index (χ2n) is 6.51. The van der Waals surface area contributed by atoms with Crippen molar-refractivity contribution in [3.8, 4) is 0 Å². The molecular formula is C16H28N2S. The fourth-order valence-electron chi connectivity index (χ4n) is 3.46. The minimum absolute atomic E-state index is 0.179. The Kier molecular flexibility index (Phi) is 4.70. The number of nitrogens with two attached hydrogens (primary N) is 1. The van der Waals surface area contributed by atoms with Gasteiger partial charge in [0.2, 0.25) is 0 Å². The first-order chi connectivity index (χ1) is 8.90. The van der Waals surface area contributed by atoms with Gasteiger partial charge in [-0.3, -0.25) is 4.90 Å². The summed E-state index contributed by atoms with van der Waals surface area (Å²) < 4.78 is 0. The van der Waals surface area contributed by atoms with Crippen molar-refractivity contribution in [2.24, 2.45) is 17.6 Å². The third-order valence-corrected chi connectivity index (χ3v) is 5.62. The molecule has 0 bridgehead atoms. The molecule has 1 aromatic rings. The van der Waals surface area contributed by atoms with Gasteiger partial charge in [0.05, 0.1) is 6.04 Å². The molecule has 2 N–H and O–H groups in total. The molecule has 1 aromatic heterocycles. The smallest absolute Gasteiger partial charge is 0.0593 e. The van der Waals surface area contributed by atoms with Gasteiger partial charge in [-0.2, -0.15) is 0 Å². The quantitative estimate of drug-likeness (QED) is 0.912. The number of likely N-dealkylation sites (tertiary alicyclic amines) is 1. The maximum Gasteiger partial charge on any atom is 0.0593 e. The lowest BCUT2D eigenvalue weighted by Gasteiger charge is -2.46. The van der Waals surface area contributed by atoms with Crippen LogP contribution in [-0.2, 0) is 0 Å². The number of thiophene rings is 1. The van der Waals surface area contributed by atoms with Crippen LogP contribution >= 0.6 is 11.3 Å². The molecular weight excluding hydrogens is 252 g/mol. The molecule has 0 aliphatic carbocycles. The van der Waals surface area contributed by atoms with E-state index in [9.17, 15) is 0 Å². The minimum atomic E-state index is 0.179. The molecule has 5 unspecified atom stereocenters. The predicted octanol–water partition coefficient (Wildman–Crippen LogP) is 3.81. The van der Waals surface area contributed by atoms with E-state index in [1.165, 1.54) is 22.7 Å². The fraction of sp³-hybridized carbons (Fsp3) is 0.750. The van der Waals surface area contributed by atoms with Gasteiger partial charge in [0.25, 0.3) is 0 Å². The molecule has 0 aromatic carbocycles. The van der Waals surface area contributed by atoms with E-state index in [4.69, 9.17) is 5.73 Å². The molecule has 3 heteroatoms. The zero-order valence-electron chi connectivity index (χ0n) is 12.9. The van der Waals surface area contributed by atoms with E-state index in [2.05, 4.69) is 51.7 Å². The largest absolute Gasteiger partial charge is 0.326 e. The lowest BCUT2D eigenvalue weighted by Crippen LogP contribution is -2.51. The van der Waals surface area contributed by atoms with E-state index in [0.717, 1.165) is 11.8 Å². The van der Waals surface area contributed by atoms with Gasteiger partial charge in [-0.25, -0.2) is 0 Å². The zero-order valence-corrected chi connectivity index (χ0v) is 13.7. The Hall–Kier alpha value is -0.380. The monoisotopic (exact) mass is 280 g/mol. The lowest BCUT2D eigenvalue weighted by atomic mass is 9.84.